The number of aliphatic hydroxyl groups excluding tert-OH is 3. The Balaban J connectivity index is 2.03. The van der Waals surface area contributed by atoms with Gasteiger partial charge in [-0.15, -0.1) is 0 Å². The van der Waals surface area contributed by atoms with E-state index in [1.807, 2.05) is 0 Å². The third-order valence-corrected chi connectivity index (χ3v) is 4.16. The Morgan fingerprint density at radius 2 is 1.81 bits per heavy atom. The van der Waals surface area contributed by atoms with E-state index in [1.165, 1.54) is 12.1 Å². The number of phenolic OH excluding ortho intramolecular Hbond substituents is 1. The number of amides is 1. The molecule has 6 atom stereocenters. The fourth-order valence-corrected chi connectivity index (χ4v) is 2.65. The summed E-state index contributed by atoms with van der Waals surface area (Å²) in [5.74, 6) is -2.22. The maximum atomic E-state index is 12.2. The lowest BCUT2D eigenvalue weighted by molar-refractivity contribution is -0.199. The van der Waals surface area contributed by atoms with Gasteiger partial charge in [0.2, 0.25) is 5.91 Å². The molecule has 2 rings (SSSR count). The highest BCUT2D eigenvalue weighted by molar-refractivity contribution is 5.87. The van der Waals surface area contributed by atoms with Gasteiger partial charge in [0.05, 0.1) is 12.6 Å². The van der Waals surface area contributed by atoms with E-state index in [0.717, 1.165) is 0 Å². The van der Waals surface area contributed by atoms with Gasteiger partial charge in [-0.2, -0.15) is 0 Å². The third kappa shape index (κ3) is 4.68. The summed E-state index contributed by atoms with van der Waals surface area (Å²) in [6.07, 6.45) is -6.01. The van der Waals surface area contributed by atoms with Crippen LogP contribution in [0, 0.1) is 0 Å². The number of nitrogens with two attached hydrogens (primary N) is 1. The summed E-state index contributed by atoms with van der Waals surface area (Å²) in [7, 11) is 0. The van der Waals surface area contributed by atoms with Crippen molar-refractivity contribution in [2.75, 3.05) is 6.61 Å². The van der Waals surface area contributed by atoms with Gasteiger partial charge >= 0.3 is 5.97 Å². The highest BCUT2D eigenvalue weighted by Gasteiger charge is 2.45. The number of rotatable bonds is 6. The van der Waals surface area contributed by atoms with Crippen LogP contribution in [0.4, 0.5) is 0 Å². The number of carbonyl (C=O) groups excluding carboxylic acids is 1. The summed E-state index contributed by atoms with van der Waals surface area (Å²) in [5.41, 5.74) is 6.45. The zero-order chi connectivity index (χ0) is 19.4. The second kappa shape index (κ2) is 8.43. The average Bonchev–Trinajstić information content (AvgIpc) is 2.60. The normalized spacial score (nSPS) is 28.2. The van der Waals surface area contributed by atoms with Gasteiger partial charge in [-0.05, 0) is 24.1 Å². The molecule has 1 aromatic carbocycles. The summed E-state index contributed by atoms with van der Waals surface area (Å²) in [6, 6.07) is 3.26. The van der Waals surface area contributed by atoms with Gasteiger partial charge in [-0.3, -0.25) is 4.79 Å². The number of hydrogen-bond acceptors (Lipinski definition) is 8. The van der Waals surface area contributed by atoms with Gasteiger partial charge in [0.25, 0.3) is 0 Å². The van der Waals surface area contributed by atoms with Crippen LogP contribution in [0.1, 0.15) is 5.56 Å². The molecule has 1 aliphatic rings. The lowest BCUT2D eigenvalue weighted by Crippen LogP contribution is -2.63. The lowest BCUT2D eigenvalue weighted by atomic mass is 9.94. The van der Waals surface area contributed by atoms with Crippen LogP contribution >= 0.6 is 0 Å². The smallest absolute Gasteiger partial charge is 0.329 e. The Hall–Kier alpha value is -2.24. The molecule has 1 aliphatic heterocycles. The summed E-state index contributed by atoms with van der Waals surface area (Å²) >= 11 is 0. The number of carboxylic acid groups (broad SMARTS) is 1. The van der Waals surface area contributed by atoms with Gasteiger partial charge in [0.15, 0.2) is 6.04 Å². The number of aliphatic hydroxyl groups is 3. The Labute approximate surface area is 148 Å². The first-order valence-electron chi connectivity index (χ1n) is 7.93. The molecule has 8 N–H and O–H groups in total. The molecule has 0 saturated carbocycles. The molecule has 10 heteroatoms. The van der Waals surface area contributed by atoms with E-state index in [4.69, 9.17) is 10.5 Å². The SMILES string of the molecule is N[C@@H](Cc1ccc(O)cc1)C(=O)N[C@@H](C(=O)O)[C@H]1OC[C@@H](O)[C@@H](O)[C@@H]1O. The summed E-state index contributed by atoms with van der Waals surface area (Å²) in [4.78, 5) is 23.7. The molecular weight excluding hydrogens is 348 g/mol. The van der Waals surface area contributed by atoms with Crippen LogP contribution in [0.25, 0.3) is 0 Å². The van der Waals surface area contributed by atoms with Crippen molar-refractivity contribution in [2.45, 2.75) is 42.9 Å². The van der Waals surface area contributed by atoms with Crippen LogP contribution < -0.4 is 11.1 Å². The molecule has 26 heavy (non-hydrogen) atoms. The highest BCUT2D eigenvalue weighted by Crippen LogP contribution is 2.19. The molecule has 10 nitrogen and oxygen atoms in total. The largest absolute Gasteiger partial charge is 0.508 e. The van der Waals surface area contributed by atoms with E-state index in [-0.39, 0.29) is 18.8 Å². The number of nitrogens with one attached hydrogen (secondary N) is 1. The van der Waals surface area contributed by atoms with E-state index in [9.17, 15) is 35.1 Å². The fourth-order valence-electron chi connectivity index (χ4n) is 2.65. The maximum absolute atomic E-state index is 12.2. The Morgan fingerprint density at radius 3 is 2.38 bits per heavy atom. The van der Waals surface area contributed by atoms with Gasteiger partial charge < -0.3 is 41.3 Å². The number of carboxylic acids is 1. The van der Waals surface area contributed by atoms with Crippen molar-refractivity contribution < 1.29 is 39.9 Å². The molecule has 0 aliphatic carbocycles. The molecular formula is C16H22N2O8. The van der Waals surface area contributed by atoms with Crippen LogP contribution in [0.15, 0.2) is 24.3 Å². The van der Waals surface area contributed by atoms with Crippen molar-refractivity contribution in [1.29, 1.82) is 0 Å². The number of ether oxygens (including phenoxy) is 1. The topological polar surface area (TPSA) is 183 Å². The fraction of sp³-hybridized carbons (Fsp3) is 0.500. The number of aliphatic carboxylic acids is 1. The first kappa shape index (κ1) is 20.1. The summed E-state index contributed by atoms with van der Waals surface area (Å²) in [5, 5.41) is 49.8. The molecule has 1 aromatic rings. The number of benzene rings is 1. The minimum atomic E-state index is -1.70. The average molecular weight is 370 g/mol. The minimum Gasteiger partial charge on any atom is -0.508 e. The van der Waals surface area contributed by atoms with Crippen molar-refractivity contribution in [3.05, 3.63) is 29.8 Å². The number of phenols is 1. The predicted molar refractivity (Wildman–Crippen MR) is 87.1 cm³/mol. The zero-order valence-corrected chi connectivity index (χ0v) is 13.7. The van der Waals surface area contributed by atoms with Crippen molar-refractivity contribution in [1.82, 2.24) is 5.32 Å². The van der Waals surface area contributed by atoms with Crippen molar-refractivity contribution in [3.63, 3.8) is 0 Å². The quantitative estimate of drug-likeness (QED) is 0.280. The van der Waals surface area contributed by atoms with E-state index >= 15 is 0 Å². The molecule has 0 aromatic heterocycles. The molecule has 144 valence electrons. The molecule has 0 bridgehead atoms. The first-order chi connectivity index (χ1) is 12.2. The van der Waals surface area contributed by atoms with E-state index in [1.54, 1.807) is 12.1 Å². The Kier molecular flexibility index (Phi) is 6.51. The van der Waals surface area contributed by atoms with Crippen LogP contribution in [0.2, 0.25) is 0 Å². The zero-order valence-electron chi connectivity index (χ0n) is 13.7. The van der Waals surface area contributed by atoms with Gasteiger partial charge in [-0.25, -0.2) is 4.79 Å². The lowest BCUT2D eigenvalue weighted by Gasteiger charge is -2.38. The summed E-state index contributed by atoms with van der Waals surface area (Å²) < 4.78 is 5.08. The van der Waals surface area contributed by atoms with Crippen molar-refractivity contribution in [3.8, 4) is 5.75 Å². The van der Waals surface area contributed by atoms with E-state index < -0.39 is 48.4 Å². The summed E-state index contributed by atoms with van der Waals surface area (Å²) in [6.45, 7) is -0.387. The van der Waals surface area contributed by atoms with Gasteiger partial charge in [-0.1, -0.05) is 12.1 Å². The standard InChI is InChI=1S/C16H22N2O8/c17-9(5-7-1-3-8(19)4-2-7)15(23)18-11(16(24)25)14-13(22)12(21)10(20)6-26-14/h1-4,9-14,19-22H,5-6,17H2,(H,18,23)(H,24,25)/t9-,10+,11+,12+,13-,14+/m0/s1. The van der Waals surface area contributed by atoms with Crippen molar-refractivity contribution in [2.24, 2.45) is 5.73 Å². The van der Waals surface area contributed by atoms with Crippen LogP contribution in [-0.2, 0) is 20.7 Å². The molecule has 1 saturated heterocycles. The van der Waals surface area contributed by atoms with Crippen LogP contribution in [-0.4, -0.2) is 80.5 Å². The molecule has 0 unspecified atom stereocenters. The monoisotopic (exact) mass is 370 g/mol. The first-order valence-corrected chi connectivity index (χ1v) is 7.93. The Bertz CT molecular complexity index is 638. The van der Waals surface area contributed by atoms with E-state index in [2.05, 4.69) is 5.32 Å². The molecule has 0 spiro atoms. The van der Waals surface area contributed by atoms with Crippen LogP contribution in [0.5, 0.6) is 5.75 Å². The van der Waals surface area contributed by atoms with Crippen LogP contribution in [0.3, 0.4) is 0 Å². The second-order valence-corrected chi connectivity index (χ2v) is 6.15. The maximum Gasteiger partial charge on any atom is 0.329 e. The minimum absolute atomic E-state index is 0.0573. The number of aromatic hydroxyl groups is 1. The molecule has 1 amide bonds. The number of carbonyl (C=O) groups is 2. The predicted octanol–water partition coefficient (Wildman–Crippen LogP) is -2.69. The molecule has 0 radical (unpaired) electrons. The van der Waals surface area contributed by atoms with E-state index in [0.29, 0.717) is 5.56 Å². The van der Waals surface area contributed by atoms with Gasteiger partial charge in [0, 0.05) is 0 Å². The number of hydrogen-bond donors (Lipinski definition) is 7. The van der Waals surface area contributed by atoms with Crippen molar-refractivity contribution >= 4 is 11.9 Å². The highest BCUT2D eigenvalue weighted by atomic mass is 16.5. The third-order valence-electron chi connectivity index (χ3n) is 4.16. The second-order valence-electron chi connectivity index (χ2n) is 6.15. The molecule has 1 fully saturated rings. The van der Waals surface area contributed by atoms with Gasteiger partial charge in [0.1, 0.15) is 30.2 Å². The molecule has 1 heterocycles. The Morgan fingerprint density at radius 1 is 1.19 bits per heavy atom.